The van der Waals surface area contributed by atoms with Gasteiger partial charge in [-0.15, -0.1) is 11.8 Å². The molecule has 13 heavy (non-hydrogen) atoms. The second-order valence-electron chi connectivity index (χ2n) is 2.86. The lowest BCUT2D eigenvalue weighted by Crippen LogP contribution is -2.17. The van der Waals surface area contributed by atoms with Gasteiger partial charge in [0, 0.05) is 21.7 Å². The molecule has 0 aliphatic carbocycles. The maximum atomic E-state index is 5.96. The van der Waals surface area contributed by atoms with Crippen molar-refractivity contribution in [3.05, 3.63) is 28.2 Å². The second kappa shape index (κ2) is 5.11. The smallest absolute Gasteiger partial charge is 0.0542 e. The molecule has 1 unspecified atom stereocenters. The summed E-state index contributed by atoms with van der Waals surface area (Å²) in [6, 6.07) is 5.60. The Kier molecular flexibility index (Phi) is 4.39. The first-order chi connectivity index (χ1) is 6.09. The molecular weight excluding hydrogens is 225 g/mol. The highest BCUT2D eigenvalue weighted by Crippen LogP contribution is 2.29. The van der Waals surface area contributed by atoms with Crippen molar-refractivity contribution in [2.24, 2.45) is 5.73 Å². The fourth-order valence-corrected chi connectivity index (χ4v) is 2.19. The first-order valence-electron chi connectivity index (χ1n) is 3.93. The van der Waals surface area contributed by atoms with E-state index in [1.54, 1.807) is 23.9 Å². The van der Waals surface area contributed by atoms with Crippen LogP contribution in [0, 0.1) is 0 Å². The maximum absolute atomic E-state index is 5.96. The van der Waals surface area contributed by atoms with Gasteiger partial charge < -0.3 is 5.73 Å². The molecule has 0 radical (unpaired) electrons. The summed E-state index contributed by atoms with van der Waals surface area (Å²) in [5.74, 6) is 0.847. The van der Waals surface area contributed by atoms with Gasteiger partial charge in [-0.2, -0.15) is 0 Å². The molecule has 0 heterocycles. The lowest BCUT2D eigenvalue weighted by Gasteiger charge is -2.06. The number of thioether (sulfide) groups is 1. The van der Waals surface area contributed by atoms with Gasteiger partial charge in [-0.1, -0.05) is 23.2 Å². The van der Waals surface area contributed by atoms with Crippen molar-refractivity contribution in [1.82, 2.24) is 0 Å². The van der Waals surface area contributed by atoms with Gasteiger partial charge in [0.05, 0.1) is 5.02 Å². The van der Waals surface area contributed by atoms with Crippen LogP contribution in [0.3, 0.4) is 0 Å². The molecule has 0 saturated carbocycles. The first kappa shape index (κ1) is 11.2. The highest BCUT2D eigenvalue weighted by molar-refractivity contribution is 7.99. The van der Waals surface area contributed by atoms with Crippen LogP contribution in [0.4, 0.5) is 0 Å². The van der Waals surface area contributed by atoms with Crippen LogP contribution in [0.15, 0.2) is 23.1 Å². The quantitative estimate of drug-likeness (QED) is 0.813. The number of hydrogen-bond acceptors (Lipinski definition) is 2. The topological polar surface area (TPSA) is 26.0 Å². The Morgan fingerprint density at radius 2 is 2.15 bits per heavy atom. The van der Waals surface area contributed by atoms with Crippen LogP contribution >= 0.6 is 35.0 Å². The largest absolute Gasteiger partial charge is 0.327 e. The average Bonchev–Trinajstić information content (AvgIpc) is 2.06. The van der Waals surface area contributed by atoms with E-state index >= 15 is 0 Å². The molecule has 0 aromatic heterocycles. The molecular formula is C9H11Cl2NS. The molecule has 1 aromatic rings. The SMILES string of the molecule is CC(N)CSc1cc(Cl)ccc1Cl. The van der Waals surface area contributed by atoms with Crippen LogP contribution in [0.25, 0.3) is 0 Å². The zero-order valence-corrected chi connectivity index (χ0v) is 9.59. The van der Waals surface area contributed by atoms with Gasteiger partial charge in [0.2, 0.25) is 0 Å². The summed E-state index contributed by atoms with van der Waals surface area (Å²) in [7, 11) is 0. The van der Waals surface area contributed by atoms with Crippen molar-refractivity contribution >= 4 is 35.0 Å². The van der Waals surface area contributed by atoms with Crippen molar-refractivity contribution in [3.63, 3.8) is 0 Å². The van der Waals surface area contributed by atoms with E-state index in [0.29, 0.717) is 5.02 Å². The summed E-state index contributed by atoms with van der Waals surface area (Å²) in [5, 5.41) is 1.44. The minimum Gasteiger partial charge on any atom is -0.327 e. The number of nitrogens with two attached hydrogens (primary N) is 1. The fraction of sp³-hybridized carbons (Fsp3) is 0.333. The van der Waals surface area contributed by atoms with E-state index < -0.39 is 0 Å². The van der Waals surface area contributed by atoms with E-state index in [1.807, 2.05) is 13.0 Å². The molecule has 0 spiro atoms. The van der Waals surface area contributed by atoms with Gasteiger partial charge in [-0.05, 0) is 25.1 Å². The number of rotatable bonds is 3. The highest BCUT2D eigenvalue weighted by atomic mass is 35.5. The average molecular weight is 236 g/mol. The summed E-state index contributed by atoms with van der Waals surface area (Å²) >= 11 is 13.4. The van der Waals surface area contributed by atoms with E-state index in [2.05, 4.69) is 0 Å². The molecule has 0 aliphatic rings. The van der Waals surface area contributed by atoms with Crippen LogP contribution in [0.2, 0.25) is 10.0 Å². The lowest BCUT2D eigenvalue weighted by atomic mass is 10.4. The standard InChI is InChI=1S/C9H11Cl2NS/c1-6(12)5-13-9-4-7(10)2-3-8(9)11/h2-4,6H,5,12H2,1H3. The molecule has 1 atom stereocenters. The van der Waals surface area contributed by atoms with Crippen LogP contribution in [0.1, 0.15) is 6.92 Å². The van der Waals surface area contributed by atoms with E-state index in [4.69, 9.17) is 28.9 Å². The van der Waals surface area contributed by atoms with Gasteiger partial charge in [0.25, 0.3) is 0 Å². The molecule has 1 rings (SSSR count). The summed E-state index contributed by atoms with van der Waals surface area (Å²) in [6.45, 7) is 1.96. The summed E-state index contributed by atoms with van der Waals surface area (Å²) in [4.78, 5) is 0.992. The predicted molar refractivity (Wildman–Crippen MR) is 60.8 cm³/mol. The van der Waals surface area contributed by atoms with Crippen molar-refractivity contribution in [3.8, 4) is 0 Å². The van der Waals surface area contributed by atoms with Crippen LogP contribution in [0.5, 0.6) is 0 Å². The van der Waals surface area contributed by atoms with Gasteiger partial charge >= 0.3 is 0 Å². The minimum absolute atomic E-state index is 0.167. The molecule has 0 saturated heterocycles. The van der Waals surface area contributed by atoms with Gasteiger partial charge in [0.1, 0.15) is 0 Å². The number of hydrogen-bond donors (Lipinski definition) is 1. The molecule has 1 aromatic carbocycles. The zero-order chi connectivity index (χ0) is 9.84. The van der Waals surface area contributed by atoms with Gasteiger partial charge in [0.15, 0.2) is 0 Å². The van der Waals surface area contributed by atoms with Crippen molar-refractivity contribution in [2.45, 2.75) is 17.9 Å². The Bertz CT molecular complexity index is 289. The lowest BCUT2D eigenvalue weighted by molar-refractivity contribution is 0.847. The Labute approximate surface area is 92.6 Å². The van der Waals surface area contributed by atoms with Crippen molar-refractivity contribution in [1.29, 1.82) is 0 Å². The Morgan fingerprint density at radius 3 is 2.77 bits per heavy atom. The summed E-state index contributed by atoms with van der Waals surface area (Å²) in [6.07, 6.45) is 0. The van der Waals surface area contributed by atoms with Crippen molar-refractivity contribution in [2.75, 3.05) is 5.75 Å². The molecule has 2 N–H and O–H groups in total. The zero-order valence-electron chi connectivity index (χ0n) is 7.26. The van der Waals surface area contributed by atoms with E-state index in [9.17, 15) is 0 Å². The summed E-state index contributed by atoms with van der Waals surface area (Å²) < 4.78 is 0. The highest BCUT2D eigenvalue weighted by Gasteiger charge is 2.03. The third-order valence-corrected chi connectivity index (χ3v) is 3.41. The third-order valence-electron chi connectivity index (χ3n) is 1.39. The first-order valence-corrected chi connectivity index (χ1v) is 5.67. The number of benzene rings is 1. The monoisotopic (exact) mass is 235 g/mol. The molecule has 1 nitrogen and oxygen atoms in total. The molecule has 0 aliphatic heterocycles. The Hall–Kier alpha value is 0.110. The van der Waals surface area contributed by atoms with E-state index in [1.165, 1.54) is 0 Å². The minimum atomic E-state index is 0.167. The Morgan fingerprint density at radius 1 is 1.46 bits per heavy atom. The fourth-order valence-electron chi connectivity index (χ4n) is 0.809. The van der Waals surface area contributed by atoms with Crippen LogP contribution in [-0.2, 0) is 0 Å². The molecule has 0 amide bonds. The van der Waals surface area contributed by atoms with E-state index in [0.717, 1.165) is 15.7 Å². The van der Waals surface area contributed by atoms with Crippen LogP contribution in [-0.4, -0.2) is 11.8 Å². The van der Waals surface area contributed by atoms with Gasteiger partial charge in [-0.3, -0.25) is 0 Å². The Balaban J connectivity index is 2.70. The molecule has 4 heteroatoms. The third kappa shape index (κ3) is 3.77. The van der Waals surface area contributed by atoms with Crippen LogP contribution < -0.4 is 5.73 Å². The summed E-state index contributed by atoms with van der Waals surface area (Å²) in [5.41, 5.74) is 5.63. The molecule has 72 valence electrons. The second-order valence-corrected chi connectivity index (χ2v) is 4.77. The maximum Gasteiger partial charge on any atom is 0.0542 e. The van der Waals surface area contributed by atoms with Crippen molar-refractivity contribution < 1.29 is 0 Å². The molecule has 0 bridgehead atoms. The van der Waals surface area contributed by atoms with Gasteiger partial charge in [-0.25, -0.2) is 0 Å². The van der Waals surface area contributed by atoms with E-state index in [-0.39, 0.29) is 6.04 Å². The number of halogens is 2. The predicted octanol–water partition coefficient (Wildman–Crippen LogP) is 3.43. The normalized spacial score (nSPS) is 12.9. The molecule has 0 fully saturated rings.